The van der Waals surface area contributed by atoms with E-state index in [0.717, 1.165) is 6.08 Å². The van der Waals surface area contributed by atoms with Crippen LogP contribution in [-0.2, 0) is 4.79 Å². The topological polar surface area (TPSA) is 46.5 Å². The molecule has 0 saturated carbocycles. The van der Waals surface area contributed by atoms with E-state index in [0.29, 0.717) is 27.1 Å². The van der Waals surface area contributed by atoms with Crippen molar-refractivity contribution in [3.63, 3.8) is 0 Å². The van der Waals surface area contributed by atoms with Gasteiger partial charge in [-0.2, -0.15) is 0 Å². The van der Waals surface area contributed by atoms with E-state index in [1.165, 1.54) is 6.08 Å². The highest BCUT2D eigenvalue weighted by atomic mass is 35.5. The molecule has 0 aliphatic heterocycles. The summed E-state index contributed by atoms with van der Waals surface area (Å²) in [5, 5.41) is 9.58. The molecule has 0 bridgehead atoms. The molecule has 20 heavy (non-hydrogen) atoms. The minimum Gasteiger partial charge on any atom is -0.478 e. The fourth-order valence-electron chi connectivity index (χ4n) is 1.50. The average Bonchev–Trinajstić information content (AvgIpc) is 2.41. The Kier molecular flexibility index (Phi) is 4.66. The first kappa shape index (κ1) is 14.4. The quantitative estimate of drug-likeness (QED) is 0.818. The second-order valence-electron chi connectivity index (χ2n) is 3.92. The molecule has 2 rings (SSSR count). The van der Waals surface area contributed by atoms with Crippen molar-refractivity contribution in [1.82, 2.24) is 0 Å². The van der Waals surface area contributed by atoms with Crippen LogP contribution in [0.2, 0.25) is 10.0 Å². The lowest BCUT2D eigenvalue weighted by Gasteiger charge is -2.08. The summed E-state index contributed by atoms with van der Waals surface area (Å²) in [6.07, 6.45) is 2.51. The first-order chi connectivity index (χ1) is 9.54. The molecule has 0 radical (unpaired) electrons. The summed E-state index contributed by atoms with van der Waals surface area (Å²) < 4.78 is 5.61. The van der Waals surface area contributed by atoms with E-state index >= 15 is 0 Å². The third-order valence-corrected chi connectivity index (χ3v) is 2.96. The minimum absolute atomic E-state index is 0.396. The van der Waals surface area contributed by atoms with Crippen LogP contribution in [0, 0.1) is 0 Å². The van der Waals surface area contributed by atoms with Gasteiger partial charge in [-0.1, -0.05) is 29.3 Å². The molecule has 3 nitrogen and oxygen atoms in total. The van der Waals surface area contributed by atoms with Crippen molar-refractivity contribution in [1.29, 1.82) is 0 Å². The summed E-state index contributed by atoms with van der Waals surface area (Å²) in [5.74, 6) is 0.0919. The molecule has 0 aliphatic rings. The maximum absolute atomic E-state index is 10.4. The molecular formula is C15H10Cl2O3. The van der Waals surface area contributed by atoms with Crippen molar-refractivity contribution >= 4 is 35.2 Å². The Hall–Kier alpha value is -1.97. The van der Waals surface area contributed by atoms with Crippen LogP contribution in [0.25, 0.3) is 6.08 Å². The number of hydrogen-bond donors (Lipinski definition) is 1. The van der Waals surface area contributed by atoms with E-state index in [1.54, 1.807) is 42.5 Å². The van der Waals surface area contributed by atoms with Crippen molar-refractivity contribution in [2.75, 3.05) is 0 Å². The molecule has 0 aromatic heterocycles. The Balaban J connectivity index is 2.17. The van der Waals surface area contributed by atoms with Crippen LogP contribution in [0.1, 0.15) is 5.56 Å². The molecule has 0 amide bonds. The molecule has 0 heterocycles. The largest absolute Gasteiger partial charge is 0.478 e. The van der Waals surface area contributed by atoms with E-state index in [9.17, 15) is 4.79 Å². The normalized spacial score (nSPS) is 10.7. The second kappa shape index (κ2) is 6.46. The van der Waals surface area contributed by atoms with Gasteiger partial charge in [-0.15, -0.1) is 0 Å². The lowest BCUT2D eigenvalue weighted by Crippen LogP contribution is -1.87. The zero-order valence-electron chi connectivity index (χ0n) is 10.2. The predicted molar refractivity (Wildman–Crippen MR) is 79.6 cm³/mol. The SMILES string of the molecule is O=C(O)/C=C/c1ccc(Oc2ccc(Cl)cc2)c(Cl)c1. The highest BCUT2D eigenvalue weighted by Crippen LogP contribution is 2.30. The fraction of sp³-hybridized carbons (Fsp3) is 0. The number of halogens is 2. The molecule has 0 spiro atoms. The van der Waals surface area contributed by atoms with Crippen LogP contribution < -0.4 is 4.74 Å². The van der Waals surface area contributed by atoms with E-state index in [2.05, 4.69) is 0 Å². The molecular weight excluding hydrogens is 299 g/mol. The zero-order chi connectivity index (χ0) is 14.5. The lowest BCUT2D eigenvalue weighted by molar-refractivity contribution is -0.131. The molecule has 2 aromatic carbocycles. The Morgan fingerprint density at radius 3 is 2.40 bits per heavy atom. The van der Waals surface area contributed by atoms with Gasteiger partial charge in [-0.25, -0.2) is 4.79 Å². The van der Waals surface area contributed by atoms with Crippen LogP contribution in [0.15, 0.2) is 48.5 Å². The number of carbonyl (C=O) groups is 1. The monoisotopic (exact) mass is 308 g/mol. The summed E-state index contributed by atoms with van der Waals surface area (Å²) in [5.41, 5.74) is 0.681. The molecule has 0 atom stereocenters. The van der Waals surface area contributed by atoms with Gasteiger partial charge in [0.25, 0.3) is 0 Å². The number of carboxylic acids is 1. The standard InChI is InChI=1S/C15H10Cl2O3/c16-11-3-5-12(6-4-11)20-14-7-1-10(9-13(14)17)2-8-15(18)19/h1-9H,(H,18,19)/b8-2+. The van der Waals surface area contributed by atoms with Crippen LogP contribution in [0.4, 0.5) is 0 Å². The van der Waals surface area contributed by atoms with Crippen LogP contribution in [-0.4, -0.2) is 11.1 Å². The van der Waals surface area contributed by atoms with Gasteiger partial charge in [-0.05, 0) is 48.0 Å². The third-order valence-electron chi connectivity index (χ3n) is 2.42. The Morgan fingerprint density at radius 1 is 1.10 bits per heavy atom. The number of ether oxygens (including phenoxy) is 1. The van der Waals surface area contributed by atoms with Gasteiger partial charge in [0.05, 0.1) is 5.02 Å². The van der Waals surface area contributed by atoms with Gasteiger partial charge in [0.1, 0.15) is 11.5 Å². The molecule has 5 heteroatoms. The van der Waals surface area contributed by atoms with E-state index in [1.807, 2.05) is 0 Å². The highest BCUT2D eigenvalue weighted by molar-refractivity contribution is 6.32. The summed E-state index contributed by atoms with van der Waals surface area (Å²) in [6, 6.07) is 11.9. The summed E-state index contributed by atoms with van der Waals surface area (Å²) in [6.45, 7) is 0. The molecule has 102 valence electrons. The number of carboxylic acid groups (broad SMARTS) is 1. The summed E-state index contributed by atoms with van der Waals surface area (Å²) in [4.78, 5) is 10.4. The minimum atomic E-state index is -1.01. The van der Waals surface area contributed by atoms with Crippen LogP contribution >= 0.6 is 23.2 Å². The number of hydrogen-bond acceptors (Lipinski definition) is 2. The Bertz CT molecular complexity index is 649. The van der Waals surface area contributed by atoms with Crippen molar-refractivity contribution < 1.29 is 14.6 Å². The maximum Gasteiger partial charge on any atom is 0.328 e. The van der Waals surface area contributed by atoms with Crippen molar-refractivity contribution in [2.24, 2.45) is 0 Å². The van der Waals surface area contributed by atoms with E-state index in [-0.39, 0.29) is 0 Å². The first-order valence-corrected chi connectivity index (χ1v) is 6.44. The Labute approximate surface area is 126 Å². The molecule has 2 aromatic rings. The van der Waals surface area contributed by atoms with Gasteiger partial charge in [-0.3, -0.25) is 0 Å². The highest BCUT2D eigenvalue weighted by Gasteiger charge is 2.04. The molecule has 0 unspecified atom stereocenters. The van der Waals surface area contributed by atoms with Gasteiger partial charge < -0.3 is 9.84 Å². The summed E-state index contributed by atoms with van der Waals surface area (Å²) >= 11 is 11.9. The second-order valence-corrected chi connectivity index (χ2v) is 4.76. The van der Waals surface area contributed by atoms with Crippen molar-refractivity contribution in [2.45, 2.75) is 0 Å². The van der Waals surface area contributed by atoms with Gasteiger partial charge in [0.2, 0.25) is 0 Å². The van der Waals surface area contributed by atoms with Crippen LogP contribution in [0.5, 0.6) is 11.5 Å². The van der Waals surface area contributed by atoms with Gasteiger partial charge in [0.15, 0.2) is 0 Å². The zero-order valence-corrected chi connectivity index (χ0v) is 11.7. The van der Waals surface area contributed by atoms with Gasteiger partial charge in [0, 0.05) is 11.1 Å². The average molecular weight is 309 g/mol. The van der Waals surface area contributed by atoms with Crippen molar-refractivity contribution in [3.05, 3.63) is 64.1 Å². The van der Waals surface area contributed by atoms with Crippen LogP contribution in [0.3, 0.4) is 0 Å². The lowest BCUT2D eigenvalue weighted by atomic mass is 10.2. The smallest absolute Gasteiger partial charge is 0.328 e. The molecule has 1 N–H and O–H groups in total. The number of benzene rings is 2. The van der Waals surface area contributed by atoms with Crippen molar-refractivity contribution in [3.8, 4) is 11.5 Å². The summed E-state index contributed by atoms with van der Waals surface area (Å²) in [7, 11) is 0. The van der Waals surface area contributed by atoms with E-state index in [4.69, 9.17) is 33.0 Å². The third kappa shape index (κ3) is 4.02. The predicted octanol–water partition coefficient (Wildman–Crippen LogP) is 4.88. The van der Waals surface area contributed by atoms with E-state index < -0.39 is 5.97 Å². The number of aliphatic carboxylic acids is 1. The molecule has 0 fully saturated rings. The fourth-order valence-corrected chi connectivity index (χ4v) is 1.85. The maximum atomic E-state index is 10.4. The van der Waals surface area contributed by atoms with Gasteiger partial charge >= 0.3 is 5.97 Å². The number of rotatable bonds is 4. The first-order valence-electron chi connectivity index (χ1n) is 5.68. The Morgan fingerprint density at radius 2 is 1.80 bits per heavy atom. The molecule has 0 saturated heterocycles. The molecule has 0 aliphatic carbocycles.